The normalized spacial score (nSPS) is 24.7. The Morgan fingerprint density at radius 2 is 2.22 bits per heavy atom. The lowest BCUT2D eigenvalue weighted by atomic mass is 9.92. The van der Waals surface area contributed by atoms with E-state index in [1.165, 1.54) is 19.4 Å². The van der Waals surface area contributed by atoms with Gasteiger partial charge in [0.05, 0.1) is 6.61 Å². The van der Waals surface area contributed by atoms with Crippen LogP contribution in [0.5, 0.6) is 0 Å². The van der Waals surface area contributed by atoms with E-state index in [0.29, 0.717) is 0 Å². The number of aliphatic hydroxyl groups excluding tert-OH is 1. The highest BCUT2D eigenvalue weighted by molar-refractivity contribution is 4.82. The summed E-state index contributed by atoms with van der Waals surface area (Å²) < 4.78 is 0. The minimum absolute atomic E-state index is 0.0958. The number of hydrogen-bond donors (Lipinski definition) is 2. The highest BCUT2D eigenvalue weighted by Gasteiger charge is 2.23. The third-order valence-electron chi connectivity index (χ3n) is 4.43. The molecule has 3 N–H and O–H groups in total. The molecule has 1 saturated heterocycles. The van der Waals surface area contributed by atoms with Gasteiger partial charge in [0.15, 0.2) is 0 Å². The van der Waals surface area contributed by atoms with Gasteiger partial charge < -0.3 is 20.6 Å². The predicted molar refractivity (Wildman–Crippen MR) is 76.7 cm³/mol. The number of aliphatic hydroxyl groups is 1. The number of nitrogens with zero attached hydrogens (tertiary/aromatic N) is 2. The van der Waals surface area contributed by atoms with E-state index in [1.54, 1.807) is 0 Å². The van der Waals surface area contributed by atoms with Crippen LogP contribution in [0.25, 0.3) is 0 Å². The molecule has 0 spiro atoms. The third-order valence-corrected chi connectivity index (χ3v) is 4.43. The Morgan fingerprint density at radius 3 is 2.72 bits per heavy atom. The van der Waals surface area contributed by atoms with E-state index in [0.717, 1.165) is 38.4 Å². The minimum Gasteiger partial charge on any atom is -0.394 e. The average molecular weight is 257 g/mol. The van der Waals surface area contributed by atoms with Crippen molar-refractivity contribution in [1.29, 1.82) is 0 Å². The van der Waals surface area contributed by atoms with E-state index in [9.17, 15) is 5.11 Å². The van der Waals surface area contributed by atoms with Crippen molar-refractivity contribution in [3.63, 3.8) is 0 Å². The summed E-state index contributed by atoms with van der Waals surface area (Å²) in [5.41, 5.74) is 5.72. The van der Waals surface area contributed by atoms with Gasteiger partial charge in [0.2, 0.25) is 0 Å². The summed E-state index contributed by atoms with van der Waals surface area (Å²) in [5.74, 6) is 0. The van der Waals surface area contributed by atoms with Gasteiger partial charge >= 0.3 is 0 Å². The molecule has 2 atom stereocenters. The predicted octanol–water partition coefficient (Wildman–Crippen LogP) is 0.892. The van der Waals surface area contributed by atoms with E-state index in [1.807, 2.05) is 6.92 Å². The van der Waals surface area contributed by atoms with Gasteiger partial charge in [-0.25, -0.2) is 0 Å². The lowest BCUT2D eigenvalue weighted by Gasteiger charge is -2.28. The zero-order valence-corrected chi connectivity index (χ0v) is 12.4. The summed E-state index contributed by atoms with van der Waals surface area (Å²) >= 11 is 0. The first-order valence-electron chi connectivity index (χ1n) is 7.29. The van der Waals surface area contributed by atoms with Crippen molar-refractivity contribution < 1.29 is 5.11 Å². The van der Waals surface area contributed by atoms with Crippen LogP contribution in [0.15, 0.2) is 0 Å². The Kier molecular flexibility index (Phi) is 6.57. The molecular weight excluding hydrogens is 226 g/mol. The molecule has 1 aliphatic rings. The summed E-state index contributed by atoms with van der Waals surface area (Å²) in [7, 11) is 4.41. The second-order valence-electron chi connectivity index (χ2n) is 6.02. The Labute approximate surface area is 112 Å². The summed E-state index contributed by atoms with van der Waals surface area (Å²) in [6, 6.07) is 0.724. The smallest absolute Gasteiger partial charge is 0.0611 e. The van der Waals surface area contributed by atoms with Crippen LogP contribution in [-0.4, -0.2) is 66.8 Å². The Bertz CT molecular complexity index is 231. The van der Waals surface area contributed by atoms with Gasteiger partial charge in [0.25, 0.3) is 0 Å². The maximum atomic E-state index is 9.27. The number of rotatable bonds is 8. The highest BCUT2D eigenvalue weighted by Crippen LogP contribution is 2.17. The van der Waals surface area contributed by atoms with Crippen molar-refractivity contribution >= 4 is 0 Å². The number of hydrogen-bond acceptors (Lipinski definition) is 4. The fourth-order valence-corrected chi connectivity index (χ4v) is 2.73. The number of likely N-dealkylation sites (N-methyl/N-ethyl adjacent to an activating group) is 2. The molecule has 0 aromatic heterocycles. The van der Waals surface area contributed by atoms with E-state index < -0.39 is 0 Å². The molecule has 1 aliphatic heterocycles. The molecule has 4 heteroatoms. The summed E-state index contributed by atoms with van der Waals surface area (Å²) in [5, 5.41) is 9.27. The van der Waals surface area contributed by atoms with Crippen molar-refractivity contribution in [2.45, 2.75) is 50.6 Å². The summed E-state index contributed by atoms with van der Waals surface area (Å²) in [4.78, 5) is 4.86. The largest absolute Gasteiger partial charge is 0.394 e. The molecule has 0 bridgehead atoms. The van der Waals surface area contributed by atoms with Crippen LogP contribution in [0.1, 0.15) is 39.0 Å². The SMILES string of the molecule is CCC(N)(CO)CCCN(C)CC1CCCN1C. The summed E-state index contributed by atoms with van der Waals surface area (Å²) in [6.07, 6.45) is 5.48. The first-order chi connectivity index (χ1) is 8.50. The third kappa shape index (κ3) is 4.84. The molecule has 2 unspecified atom stereocenters. The van der Waals surface area contributed by atoms with Gasteiger partial charge in [0.1, 0.15) is 0 Å². The average Bonchev–Trinajstić information content (AvgIpc) is 2.75. The topological polar surface area (TPSA) is 52.7 Å². The second kappa shape index (κ2) is 7.43. The molecule has 1 rings (SSSR count). The van der Waals surface area contributed by atoms with Gasteiger partial charge in [0, 0.05) is 18.1 Å². The Hall–Kier alpha value is -0.160. The van der Waals surface area contributed by atoms with Crippen LogP contribution < -0.4 is 5.73 Å². The highest BCUT2D eigenvalue weighted by atomic mass is 16.3. The fraction of sp³-hybridized carbons (Fsp3) is 1.00. The standard InChI is InChI=1S/C14H31N3O/c1-4-14(15,12-18)8-6-9-16(2)11-13-7-5-10-17(13)3/h13,18H,4-12,15H2,1-3H3. The molecule has 18 heavy (non-hydrogen) atoms. The molecule has 4 nitrogen and oxygen atoms in total. The van der Waals surface area contributed by atoms with Gasteiger partial charge in [-0.05, 0) is 59.3 Å². The van der Waals surface area contributed by atoms with Gasteiger partial charge in [-0.1, -0.05) is 6.92 Å². The molecule has 0 amide bonds. The van der Waals surface area contributed by atoms with Crippen LogP contribution in [0.4, 0.5) is 0 Å². The zero-order chi connectivity index (χ0) is 13.6. The molecule has 0 saturated carbocycles. The maximum absolute atomic E-state index is 9.27. The van der Waals surface area contributed by atoms with E-state index >= 15 is 0 Å². The first-order valence-corrected chi connectivity index (χ1v) is 7.29. The van der Waals surface area contributed by atoms with Crippen molar-refractivity contribution in [2.75, 3.05) is 40.3 Å². The molecule has 1 heterocycles. The molecule has 0 aromatic rings. The fourth-order valence-electron chi connectivity index (χ4n) is 2.73. The number of likely N-dealkylation sites (tertiary alicyclic amines) is 1. The molecule has 1 fully saturated rings. The Morgan fingerprint density at radius 1 is 1.50 bits per heavy atom. The van der Waals surface area contributed by atoms with Crippen molar-refractivity contribution in [1.82, 2.24) is 9.80 Å². The Balaban J connectivity index is 2.18. The van der Waals surface area contributed by atoms with Crippen LogP contribution >= 0.6 is 0 Å². The lowest BCUT2D eigenvalue weighted by molar-refractivity contribution is 0.169. The molecular formula is C14H31N3O. The first kappa shape index (κ1) is 15.9. The quantitative estimate of drug-likeness (QED) is 0.678. The van der Waals surface area contributed by atoms with Crippen LogP contribution in [0, 0.1) is 0 Å². The molecule has 108 valence electrons. The number of nitrogens with two attached hydrogens (primary N) is 1. The van der Waals surface area contributed by atoms with Crippen molar-refractivity contribution in [3.05, 3.63) is 0 Å². The van der Waals surface area contributed by atoms with Crippen LogP contribution in [0.2, 0.25) is 0 Å². The van der Waals surface area contributed by atoms with Crippen LogP contribution in [-0.2, 0) is 0 Å². The summed E-state index contributed by atoms with van der Waals surface area (Å²) in [6.45, 7) is 5.61. The van der Waals surface area contributed by atoms with E-state index in [4.69, 9.17) is 5.73 Å². The molecule has 0 aliphatic carbocycles. The van der Waals surface area contributed by atoms with E-state index in [2.05, 4.69) is 23.9 Å². The maximum Gasteiger partial charge on any atom is 0.0611 e. The van der Waals surface area contributed by atoms with Crippen molar-refractivity contribution in [2.24, 2.45) is 5.73 Å². The minimum atomic E-state index is -0.370. The van der Waals surface area contributed by atoms with Gasteiger partial charge in [-0.2, -0.15) is 0 Å². The van der Waals surface area contributed by atoms with E-state index in [-0.39, 0.29) is 12.1 Å². The van der Waals surface area contributed by atoms with Crippen molar-refractivity contribution in [3.8, 4) is 0 Å². The molecule has 0 aromatic carbocycles. The molecule has 0 radical (unpaired) electrons. The van der Waals surface area contributed by atoms with Gasteiger partial charge in [-0.3, -0.25) is 0 Å². The van der Waals surface area contributed by atoms with Gasteiger partial charge in [-0.15, -0.1) is 0 Å². The zero-order valence-electron chi connectivity index (χ0n) is 12.4. The van der Waals surface area contributed by atoms with Crippen LogP contribution in [0.3, 0.4) is 0 Å². The lowest BCUT2D eigenvalue weighted by Crippen LogP contribution is -2.44. The monoisotopic (exact) mass is 257 g/mol. The second-order valence-corrected chi connectivity index (χ2v) is 6.02.